The lowest BCUT2D eigenvalue weighted by atomic mass is 10.3. The van der Waals surface area contributed by atoms with Crippen LogP contribution in [0, 0.1) is 11.3 Å². The van der Waals surface area contributed by atoms with Gasteiger partial charge in [0, 0.05) is 6.20 Å². The van der Waals surface area contributed by atoms with Crippen molar-refractivity contribution >= 4 is 5.71 Å². The highest BCUT2D eigenvalue weighted by atomic mass is 14.7. The van der Waals surface area contributed by atoms with E-state index in [0.29, 0.717) is 5.71 Å². The van der Waals surface area contributed by atoms with Gasteiger partial charge in [-0.05, 0) is 19.4 Å². The molecule has 0 saturated heterocycles. The molecule has 0 bridgehead atoms. The molecule has 0 radical (unpaired) electrons. The van der Waals surface area contributed by atoms with Gasteiger partial charge in [0.2, 0.25) is 0 Å². The van der Waals surface area contributed by atoms with E-state index in [2.05, 4.69) is 11.6 Å². The van der Waals surface area contributed by atoms with Crippen LogP contribution < -0.4 is 0 Å². The van der Waals surface area contributed by atoms with E-state index in [1.807, 2.05) is 13.0 Å². The van der Waals surface area contributed by atoms with E-state index in [9.17, 15) is 0 Å². The molecule has 0 atom stereocenters. The standard InChI is InChI=1S/C8H10N2/c1-4-7(2)6-10-8(3)5-9/h4,6H,1H2,2-3H3/b7-6-,10-8?. The number of hydrogen-bond acceptors (Lipinski definition) is 2. The Kier molecular flexibility index (Phi) is 3.90. The smallest absolute Gasteiger partial charge is 0.115 e. The molecule has 0 aliphatic heterocycles. The van der Waals surface area contributed by atoms with Gasteiger partial charge in [-0.25, -0.2) is 0 Å². The molecule has 0 unspecified atom stereocenters. The van der Waals surface area contributed by atoms with Crippen molar-refractivity contribution in [1.82, 2.24) is 0 Å². The number of nitrogens with zero attached hydrogens (tertiary/aromatic N) is 2. The Morgan fingerprint density at radius 2 is 2.20 bits per heavy atom. The molecule has 0 rings (SSSR count). The molecular weight excluding hydrogens is 124 g/mol. The zero-order valence-electron chi connectivity index (χ0n) is 6.26. The maximum absolute atomic E-state index is 8.28. The number of hydrogen-bond donors (Lipinski definition) is 0. The van der Waals surface area contributed by atoms with Crippen LogP contribution in [0.4, 0.5) is 0 Å². The van der Waals surface area contributed by atoms with Crippen molar-refractivity contribution in [2.75, 3.05) is 0 Å². The van der Waals surface area contributed by atoms with Gasteiger partial charge < -0.3 is 0 Å². The van der Waals surface area contributed by atoms with Gasteiger partial charge in [0.1, 0.15) is 11.8 Å². The van der Waals surface area contributed by atoms with E-state index in [0.717, 1.165) is 5.57 Å². The third-order valence-corrected chi connectivity index (χ3v) is 0.946. The van der Waals surface area contributed by atoms with Crippen LogP contribution in [-0.2, 0) is 0 Å². The lowest BCUT2D eigenvalue weighted by molar-refractivity contribution is 1.42. The molecule has 52 valence electrons. The molecule has 0 aromatic rings. The Labute approximate surface area is 61.2 Å². The molecule has 0 aromatic carbocycles. The monoisotopic (exact) mass is 134 g/mol. The van der Waals surface area contributed by atoms with Crippen LogP contribution in [0.5, 0.6) is 0 Å². The molecule has 0 heterocycles. The van der Waals surface area contributed by atoms with E-state index in [4.69, 9.17) is 5.26 Å². The van der Waals surface area contributed by atoms with Crippen molar-refractivity contribution in [2.45, 2.75) is 13.8 Å². The van der Waals surface area contributed by atoms with Crippen LogP contribution in [0.15, 0.2) is 29.4 Å². The van der Waals surface area contributed by atoms with E-state index >= 15 is 0 Å². The summed E-state index contributed by atoms with van der Waals surface area (Å²) < 4.78 is 0. The highest BCUT2D eigenvalue weighted by Crippen LogP contribution is 1.92. The summed E-state index contributed by atoms with van der Waals surface area (Å²) in [7, 11) is 0. The second-order valence-corrected chi connectivity index (χ2v) is 1.90. The Bertz CT molecular complexity index is 216. The minimum Gasteiger partial charge on any atom is -0.250 e. The van der Waals surface area contributed by atoms with Crippen molar-refractivity contribution < 1.29 is 0 Å². The molecule has 10 heavy (non-hydrogen) atoms. The molecule has 0 N–H and O–H groups in total. The maximum Gasteiger partial charge on any atom is 0.115 e. The Balaban J connectivity index is 4.21. The Morgan fingerprint density at radius 3 is 2.60 bits per heavy atom. The number of nitriles is 1. The summed E-state index contributed by atoms with van der Waals surface area (Å²) >= 11 is 0. The summed E-state index contributed by atoms with van der Waals surface area (Å²) in [5, 5.41) is 8.28. The first-order valence-corrected chi connectivity index (χ1v) is 2.94. The maximum atomic E-state index is 8.28. The first kappa shape index (κ1) is 8.64. The third-order valence-electron chi connectivity index (χ3n) is 0.946. The van der Waals surface area contributed by atoms with Gasteiger partial charge >= 0.3 is 0 Å². The third kappa shape index (κ3) is 3.62. The van der Waals surface area contributed by atoms with Crippen LogP contribution in [0.2, 0.25) is 0 Å². The molecule has 0 aromatic heterocycles. The Hall–Kier alpha value is -1.36. The van der Waals surface area contributed by atoms with Gasteiger partial charge in [-0.3, -0.25) is 4.99 Å². The normalized spacial score (nSPS) is 12.5. The first-order valence-electron chi connectivity index (χ1n) is 2.94. The average molecular weight is 134 g/mol. The fourth-order valence-corrected chi connectivity index (χ4v) is 0.280. The predicted molar refractivity (Wildman–Crippen MR) is 42.7 cm³/mol. The number of rotatable bonds is 2. The molecule has 0 aliphatic carbocycles. The molecule has 0 saturated carbocycles. The summed E-state index contributed by atoms with van der Waals surface area (Å²) in [4.78, 5) is 3.84. The zero-order valence-corrected chi connectivity index (χ0v) is 6.26. The summed E-state index contributed by atoms with van der Waals surface area (Å²) in [5.41, 5.74) is 1.41. The second-order valence-electron chi connectivity index (χ2n) is 1.90. The lowest BCUT2D eigenvalue weighted by Crippen LogP contribution is -1.80. The van der Waals surface area contributed by atoms with Crippen LogP contribution in [0.25, 0.3) is 0 Å². The molecule has 0 aliphatic rings. The van der Waals surface area contributed by atoms with E-state index < -0.39 is 0 Å². The largest absolute Gasteiger partial charge is 0.250 e. The van der Waals surface area contributed by atoms with Crippen LogP contribution in [0.3, 0.4) is 0 Å². The number of allylic oxidation sites excluding steroid dienone is 2. The predicted octanol–water partition coefficient (Wildman–Crippen LogP) is 2.06. The van der Waals surface area contributed by atoms with E-state index in [1.165, 1.54) is 0 Å². The van der Waals surface area contributed by atoms with Crippen molar-refractivity contribution in [1.29, 1.82) is 5.26 Å². The molecule has 0 spiro atoms. The van der Waals surface area contributed by atoms with Crippen molar-refractivity contribution in [2.24, 2.45) is 4.99 Å². The topological polar surface area (TPSA) is 36.1 Å². The van der Waals surface area contributed by atoms with Crippen molar-refractivity contribution in [3.8, 4) is 6.07 Å². The average Bonchev–Trinajstić information content (AvgIpc) is 1.99. The van der Waals surface area contributed by atoms with Gasteiger partial charge in [-0.15, -0.1) is 0 Å². The van der Waals surface area contributed by atoms with Crippen LogP contribution in [-0.4, -0.2) is 5.71 Å². The molecule has 0 amide bonds. The summed E-state index contributed by atoms with van der Waals surface area (Å²) in [6.07, 6.45) is 3.31. The van der Waals surface area contributed by atoms with E-state index in [1.54, 1.807) is 19.2 Å². The summed E-state index contributed by atoms with van der Waals surface area (Å²) in [5.74, 6) is 0. The minimum atomic E-state index is 0.459. The molecule has 2 heteroatoms. The molecule has 2 nitrogen and oxygen atoms in total. The van der Waals surface area contributed by atoms with E-state index in [-0.39, 0.29) is 0 Å². The number of aliphatic imine (C=N–C) groups is 1. The summed E-state index contributed by atoms with van der Waals surface area (Å²) in [6.45, 7) is 7.08. The molecular formula is C8H10N2. The van der Waals surface area contributed by atoms with Gasteiger partial charge in [0.15, 0.2) is 0 Å². The molecule has 0 fully saturated rings. The minimum absolute atomic E-state index is 0.459. The highest BCUT2D eigenvalue weighted by Gasteiger charge is 1.80. The van der Waals surface area contributed by atoms with Crippen molar-refractivity contribution in [3.63, 3.8) is 0 Å². The summed E-state index contributed by atoms with van der Waals surface area (Å²) in [6, 6.07) is 1.92. The fraction of sp³-hybridized carbons (Fsp3) is 0.250. The van der Waals surface area contributed by atoms with Crippen molar-refractivity contribution in [3.05, 3.63) is 24.4 Å². The quantitative estimate of drug-likeness (QED) is 0.420. The van der Waals surface area contributed by atoms with Gasteiger partial charge in [0.05, 0.1) is 0 Å². The Morgan fingerprint density at radius 1 is 1.60 bits per heavy atom. The van der Waals surface area contributed by atoms with Gasteiger partial charge in [-0.2, -0.15) is 5.26 Å². The lowest BCUT2D eigenvalue weighted by Gasteiger charge is -1.84. The van der Waals surface area contributed by atoms with Crippen LogP contribution in [0.1, 0.15) is 13.8 Å². The second kappa shape index (κ2) is 4.51. The zero-order chi connectivity index (χ0) is 7.98. The van der Waals surface area contributed by atoms with Gasteiger partial charge in [0.25, 0.3) is 0 Å². The van der Waals surface area contributed by atoms with Crippen LogP contribution >= 0.6 is 0 Å². The highest BCUT2D eigenvalue weighted by molar-refractivity contribution is 5.96. The van der Waals surface area contributed by atoms with Gasteiger partial charge in [-0.1, -0.05) is 12.7 Å². The SMILES string of the molecule is C=C/C(C)=C\N=C(C)C#N. The first-order chi connectivity index (χ1) is 4.70. The fourth-order valence-electron chi connectivity index (χ4n) is 0.280.